The summed E-state index contributed by atoms with van der Waals surface area (Å²) in [7, 11) is 0. The third-order valence-corrected chi connectivity index (χ3v) is 17.1. The maximum atomic E-state index is 6.76. The van der Waals surface area contributed by atoms with Gasteiger partial charge in [0, 0.05) is 0 Å². The Hall–Kier alpha value is 5.31. The van der Waals surface area contributed by atoms with Crippen molar-refractivity contribution in [1.29, 1.82) is 0 Å². The molecular formula is C19H11Cl21. The van der Waals surface area contributed by atoms with Crippen LogP contribution in [-0.2, 0) is 19.4 Å². The zero-order valence-electron chi connectivity index (χ0n) is 18.7. The monoisotopic (exact) mass is 973 g/mol. The first kappa shape index (κ1) is 43.3. The van der Waals surface area contributed by atoms with E-state index < -0.39 is 37.4 Å². The minimum absolute atomic E-state index is 0.0895. The molecule has 0 spiro atoms. The Morgan fingerprint density at radius 3 is 0.975 bits per heavy atom. The molecule has 21 heteroatoms. The van der Waals surface area contributed by atoms with Gasteiger partial charge in [-0.1, -0.05) is 257 Å². The van der Waals surface area contributed by atoms with E-state index in [9.17, 15) is 0 Å². The highest BCUT2D eigenvalue weighted by molar-refractivity contribution is 6.80. The summed E-state index contributed by atoms with van der Waals surface area (Å²) in [5.41, 5.74) is -0.665. The fourth-order valence-electron chi connectivity index (χ4n) is 3.09. The first-order valence-corrected chi connectivity index (χ1v) is 17.9. The molecule has 0 amide bonds. The quantitative estimate of drug-likeness (QED) is 0.216. The molecule has 0 aliphatic heterocycles. The molecule has 0 aromatic heterocycles. The zero-order chi connectivity index (χ0) is 32.3. The van der Waals surface area contributed by atoms with Crippen LogP contribution in [0.2, 0.25) is 0 Å². The summed E-state index contributed by atoms with van der Waals surface area (Å²) in [6.45, 7) is 1.86. The first-order valence-electron chi connectivity index (χ1n) is 9.93. The Labute approximate surface area is 337 Å². The highest BCUT2D eigenvalue weighted by Crippen LogP contribution is 2.67. The molecule has 0 nitrogen and oxygen atoms in total. The van der Waals surface area contributed by atoms with E-state index in [0.29, 0.717) is 12.8 Å². The Kier molecular flexibility index (Phi) is 15.5. The first-order chi connectivity index (χ1) is 17.3. The lowest BCUT2D eigenvalue weighted by atomic mass is 9.87. The molecule has 234 valence electrons. The number of benzene rings is 1. The Morgan fingerprint density at radius 2 is 0.725 bits per heavy atom. The standard InChI is InChI=1S/C19H11Cl21/c1-2-3-4-8-9(12(22,23)15(28,29)18(35,36)37)5-7(11(20,21)14(26,27)17(32,33)34)6-10(8)13(24,25)16(30,31)19(38,39)40/h5-6H,2-4H2,1H3. The number of hydrogen-bond donors (Lipinski definition) is 0. The van der Waals surface area contributed by atoms with E-state index in [4.69, 9.17) is 244 Å². The van der Waals surface area contributed by atoms with Crippen molar-refractivity contribution in [2.24, 2.45) is 0 Å². The fourth-order valence-corrected chi connectivity index (χ4v) is 7.60. The highest BCUT2D eigenvalue weighted by atomic mass is 35.6. The van der Waals surface area contributed by atoms with Gasteiger partial charge in [0.15, 0.2) is 13.0 Å². The number of rotatable bonds is 9. The van der Waals surface area contributed by atoms with Gasteiger partial charge in [-0.25, -0.2) is 0 Å². The normalized spacial score (nSPS) is 15.6. The third kappa shape index (κ3) is 8.19. The van der Waals surface area contributed by atoms with E-state index >= 15 is 0 Å². The van der Waals surface area contributed by atoms with Crippen molar-refractivity contribution in [3.05, 3.63) is 34.4 Å². The van der Waals surface area contributed by atoms with Gasteiger partial charge in [-0.05, 0) is 47.2 Å². The maximum Gasteiger partial charge on any atom is 0.226 e. The van der Waals surface area contributed by atoms with Gasteiger partial charge in [-0.15, -0.1) is 0 Å². The molecule has 0 aliphatic rings. The summed E-state index contributed by atoms with van der Waals surface area (Å²) in [5, 5.41) is 0. The summed E-state index contributed by atoms with van der Waals surface area (Å²) in [6, 6.07) is 2.31. The molecule has 0 atom stereocenters. The molecule has 0 radical (unpaired) electrons. The molecular weight excluding hydrogens is 973 g/mol. The van der Waals surface area contributed by atoms with Crippen LogP contribution in [0.15, 0.2) is 12.1 Å². The number of alkyl halides is 21. The summed E-state index contributed by atoms with van der Waals surface area (Å²) in [5.74, 6) is 0. The SMILES string of the molecule is CCCCc1c(C(Cl)(Cl)C(Cl)(Cl)C(Cl)(Cl)Cl)cc(C(Cl)(Cl)C(Cl)(Cl)C(Cl)(Cl)Cl)cc1C(Cl)(Cl)C(Cl)(Cl)C(Cl)(Cl)Cl. The largest absolute Gasteiger partial charge is 0.226 e. The van der Waals surface area contributed by atoms with Crippen LogP contribution in [0, 0.1) is 0 Å². The molecule has 1 rings (SSSR count). The Balaban J connectivity index is 4.53. The second-order valence-corrected chi connectivity index (χ2v) is 22.9. The summed E-state index contributed by atoms with van der Waals surface area (Å²) in [4.78, 5) is 0. The van der Waals surface area contributed by atoms with E-state index in [2.05, 4.69) is 0 Å². The van der Waals surface area contributed by atoms with Crippen molar-refractivity contribution in [1.82, 2.24) is 0 Å². The van der Waals surface area contributed by atoms with Gasteiger partial charge in [0.1, 0.15) is 0 Å². The van der Waals surface area contributed by atoms with Crippen LogP contribution in [0.5, 0.6) is 0 Å². The second-order valence-electron chi connectivity index (χ2n) is 8.09. The fraction of sp³-hybridized carbons (Fsp3) is 0.684. The van der Waals surface area contributed by atoms with Crippen LogP contribution in [0.3, 0.4) is 0 Å². The van der Waals surface area contributed by atoms with Crippen molar-refractivity contribution < 1.29 is 0 Å². The van der Waals surface area contributed by atoms with E-state index in [0.717, 1.165) is 12.1 Å². The van der Waals surface area contributed by atoms with Crippen molar-refractivity contribution in [2.45, 2.75) is 63.6 Å². The molecule has 0 heterocycles. The van der Waals surface area contributed by atoms with Crippen LogP contribution < -0.4 is 0 Å². The van der Waals surface area contributed by atoms with Crippen molar-refractivity contribution >= 4 is 244 Å². The van der Waals surface area contributed by atoms with Crippen LogP contribution >= 0.6 is 244 Å². The third-order valence-electron chi connectivity index (χ3n) is 5.32. The molecule has 0 bridgehead atoms. The topological polar surface area (TPSA) is 0 Å². The Bertz CT molecular complexity index is 994. The minimum atomic E-state index is -2.60. The molecule has 0 saturated carbocycles. The zero-order valence-corrected chi connectivity index (χ0v) is 34.6. The van der Waals surface area contributed by atoms with Crippen molar-refractivity contribution in [3.8, 4) is 0 Å². The second kappa shape index (κ2) is 14.3. The summed E-state index contributed by atoms with van der Waals surface area (Å²) < 4.78 is -23.0. The predicted octanol–water partition coefficient (Wildman–Crippen LogP) is 15.6. The van der Waals surface area contributed by atoms with Gasteiger partial charge < -0.3 is 0 Å². The lowest BCUT2D eigenvalue weighted by molar-refractivity contribution is 0.645. The lowest BCUT2D eigenvalue weighted by Crippen LogP contribution is -2.49. The Morgan fingerprint density at radius 1 is 0.450 bits per heavy atom. The van der Waals surface area contributed by atoms with Gasteiger partial charge in [-0.2, -0.15) is 0 Å². The molecule has 0 aliphatic carbocycles. The molecule has 40 heavy (non-hydrogen) atoms. The van der Waals surface area contributed by atoms with Gasteiger partial charge in [-0.3, -0.25) is 0 Å². The number of hydrogen-bond acceptors (Lipinski definition) is 0. The average Bonchev–Trinajstić information content (AvgIpc) is 2.74. The number of unbranched alkanes of at least 4 members (excludes halogenated alkanes) is 1. The minimum Gasteiger partial charge on any atom is -0.0930 e. The average molecular weight is 984 g/mol. The molecule has 1 aromatic carbocycles. The summed E-state index contributed by atoms with van der Waals surface area (Å²) in [6.07, 6.45) is 1.14. The van der Waals surface area contributed by atoms with E-state index in [1.165, 1.54) is 0 Å². The van der Waals surface area contributed by atoms with E-state index in [-0.39, 0.29) is 28.7 Å². The van der Waals surface area contributed by atoms with E-state index in [1.807, 2.05) is 6.92 Å². The van der Waals surface area contributed by atoms with Crippen molar-refractivity contribution in [2.75, 3.05) is 0 Å². The van der Waals surface area contributed by atoms with Gasteiger partial charge in [0.2, 0.25) is 24.4 Å². The van der Waals surface area contributed by atoms with Crippen LogP contribution in [0.25, 0.3) is 0 Å². The number of halogens is 21. The summed E-state index contributed by atoms with van der Waals surface area (Å²) >= 11 is 133. The molecule has 1 aromatic rings. The predicted molar refractivity (Wildman–Crippen MR) is 189 cm³/mol. The van der Waals surface area contributed by atoms with Crippen LogP contribution in [0.1, 0.15) is 42.0 Å². The smallest absolute Gasteiger partial charge is 0.0930 e. The van der Waals surface area contributed by atoms with Crippen molar-refractivity contribution in [3.63, 3.8) is 0 Å². The highest BCUT2D eigenvalue weighted by Gasteiger charge is 2.66. The van der Waals surface area contributed by atoms with Crippen LogP contribution in [-0.4, -0.2) is 24.4 Å². The molecule has 0 saturated heterocycles. The van der Waals surface area contributed by atoms with Crippen LogP contribution in [0.4, 0.5) is 0 Å². The lowest BCUT2D eigenvalue weighted by Gasteiger charge is -2.44. The van der Waals surface area contributed by atoms with Gasteiger partial charge >= 0.3 is 0 Å². The van der Waals surface area contributed by atoms with E-state index in [1.54, 1.807) is 0 Å². The maximum absolute atomic E-state index is 6.76. The molecule has 0 unspecified atom stereocenters. The molecule has 0 N–H and O–H groups in total. The molecule has 0 fully saturated rings. The van der Waals surface area contributed by atoms with Gasteiger partial charge in [0.25, 0.3) is 0 Å². The van der Waals surface area contributed by atoms with Gasteiger partial charge in [0.05, 0.1) is 0 Å².